The molecule has 0 saturated heterocycles. The summed E-state index contributed by atoms with van der Waals surface area (Å²) in [5, 5.41) is 0. The van der Waals surface area contributed by atoms with Crippen LogP contribution in [-0.2, 0) is 4.74 Å². The fraction of sp³-hybridized carbons (Fsp3) is 1.00. The third-order valence-corrected chi connectivity index (χ3v) is 1.84. The Labute approximate surface area is 78.3 Å². The second-order valence-electron chi connectivity index (χ2n) is 5.12. The lowest BCUT2D eigenvalue weighted by molar-refractivity contribution is -0.0134. The first kappa shape index (κ1) is 12.0. The molecule has 0 aromatic heterocycles. The number of ether oxygens (including phenoxy) is 1. The molecule has 12 heavy (non-hydrogen) atoms. The van der Waals surface area contributed by atoms with Gasteiger partial charge in [0.25, 0.3) is 0 Å². The van der Waals surface area contributed by atoms with Crippen molar-refractivity contribution in [2.24, 2.45) is 5.41 Å². The fourth-order valence-corrected chi connectivity index (χ4v) is 0.692. The summed E-state index contributed by atoms with van der Waals surface area (Å²) in [5.74, 6) is 0. The van der Waals surface area contributed by atoms with Crippen LogP contribution in [0.25, 0.3) is 0 Å². The summed E-state index contributed by atoms with van der Waals surface area (Å²) >= 11 is 0. The average Bonchev–Trinajstić information content (AvgIpc) is 1.84. The lowest BCUT2D eigenvalue weighted by Crippen LogP contribution is -2.25. The van der Waals surface area contributed by atoms with Crippen LogP contribution in [0.3, 0.4) is 0 Å². The Morgan fingerprint density at radius 3 is 1.92 bits per heavy atom. The second kappa shape index (κ2) is 4.31. The van der Waals surface area contributed by atoms with Crippen LogP contribution in [0.15, 0.2) is 0 Å². The zero-order valence-corrected chi connectivity index (χ0v) is 9.11. The van der Waals surface area contributed by atoms with Crippen LogP contribution in [0.1, 0.15) is 41.0 Å². The maximum absolute atomic E-state index is 5.63. The standard InChI is InChI=1S/C10H21BO/c1-9(2,3)6-7-12-10(4,5)8-11/h6-8H2,1-5H3. The Kier molecular flexibility index (Phi) is 4.32. The third kappa shape index (κ3) is 6.72. The van der Waals surface area contributed by atoms with Crippen molar-refractivity contribution in [3.05, 3.63) is 0 Å². The summed E-state index contributed by atoms with van der Waals surface area (Å²) in [7, 11) is 5.53. The van der Waals surface area contributed by atoms with Gasteiger partial charge in [0, 0.05) is 6.61 Å². The largest absolute Gasteiger partial charge is 0.376 e. The minimum Gasteiger partial charge on any atom is -0.376 e. The first-order chi connectivity index (χ1) is 5.27. The van der Waals surface area contributed by atoms with Gasteiger partial charge >= 0.3 is 0 Å². The molecule has 2 radical (unpaired) electrons. The number of hydrogen-bond acceptors (Lipinski definition) is 1. The quantitative estimate of drug-likeness (QED) is 0.586. The molecular weight excluding hydrogens is 147 g/mol. The highest BCUT2D eigenvalue weighted by molar-refractivity contribution is 6.09. The first-order valence-corrected chi connectivity index (χ1v) is 4.61. The van der Waals surface area contributed by atoms with Gasteiger partial charge in [0.05, 0.1) is 13.4 Å². The van der Waals surface area contributed by atoms with Gasteiger partial charge in [-0.15, -0.1) is 0 Å². The molecule has 0 fully saturated rings. The van der Waals surface area contributed by atoms with Crippen LogP contribution in [0.5, 0.6) is 0 Å². The Hall–Kier alpha value is 0.0249. The van der Waals surface area contributed by atoms with E-state index in [0.29, 0.717) is 11.7 Å². The van der Waals surface area contributed by atoms with E-state index in [4.69, 9.17) is 12.6 Å². The molecule has 0 aliphatic carbocycles. The summed E-state index contributed by atoms with van der Waals surface area (Å²) in [4.78, 5) is 0. The summed E-state index contributed by atoms with van der Waals surface area (Å²) in [5.41, 5.74) is 0.190. The van der Waals surface area contributed by atoms with Gasteiger partial charge in [0.15, 0.2) is 0 Å². The molecule has 0 rings (SSSR count). The molecule has 0 spiro atoms. The molecule has 0 atom stereocenters. The Balaban J connectivity index is 3.57. The lowest BCUT2D eigenvalue weighted by atomic mass is 9.89. The Morgan fingerprint density at radius 2 is 1.58 bits per heavy atom. The van der Waals surface area contributed by atoms with Gasteiger partial charge in [0.1, 0.15) is 0 Å². The summed E-state index contributed by atoms with van der Waals surface area (Å²) in [6, 6.07) is 0. The molecule has 0 aliphatic rings. The normalized spacial score (nSPS) is 13.4. The second-order valence-corrected chi connectivity index (χ2v) is 5.12. The van der Waals surface area contributed by atoms with Crippen molar-refractivity contribution in [1.29, 1.82) is 0 Å². The van der Waals surface area contributed by atoms with Gasteiger partial charge in [-0.3, -0.25) is 0 Å². The summed E-state index contributed by atoms with van der Waals surface area (Å²) in [6.07, 6.45) is 1.66. The van der Waals surface area contributed by atoms with Crippen LogP contribution in [-0.4, -0.2) is 20.1 Å². The maximum atomic E-state index is 5.63. The predicted molar refractivity (Wildman–Crippen MR) is 54.7 cm³/mol. The molecule has 0 bridgehead atoms. The molecule has 0 unspecified atom stereocenters. The van der Waals surface area contributed by atoms with Crippen molar-refractivity contribution in [1.82, 2.24) is 0 Å². The van der Waals surface area contributed by atoms with Crippen molar-refractivity contribution in [2.75, 3.05) is 6.61 Å². The van der Waals surface area contributed by atoms with Crippen LogP contribution in [0.2, 0.25) is 6.32 Å². The molecule has 0 amide bonds. The van der Waals surface area contributed by atoms with E-state index in [-0.39, 0.29) is 5.60 Å². The molecule has 0 aromatic rings. The highest BCUT2D eigenvalue weighted by Gasteiger charge is 2.16. The highest BCUT2D eigenvalue weighted by atomic mass is 16.5. The summed E-state index contributed by atoms with van der Waals surface area (Å²) in [6.45, 7) is 11.5. The van der Waals surface area contributed by atoms with E-state index in [1.165, 1.54) is 0 Å². The van der Waals surface area contributed by atoms with E-state index in [9.17, 15) is 0 Å². The molecule has 70 valence electrons. The van der Waals surface area contributed by atoms with Gasteiger partial charge in [-0.25, -0.2) is 0 Å². The average molecular weight is 168 g/mol. The van der Waals surface area contributed by atoms with Gasteiger partial charge in [-0.05, 0) is 25.7 Å². The number of hydrogen-bond donors (Lipinski definition) is 0. The van der Waals surface area contributed by atoms with E-state index in [2.05, 4.69) is 20.8 Å². The summed E-state index contributed by atoms with van der Waals surface area (Å²) < 4.78 is 5.63. The van der Waals surface area contributed by atoms with E-state index in [1.54, 1.807) is 0 Å². The molecule has 0 heterocycles. The molecule has 0 aromatic carbocycles. The van der Waals surface area contributed by atoms with E-state index >= 15 is 0 Å². The first-order valence-electron chi connectivity index (χ1n) is 4.61. The minimum atomic E-state index is -0.161. The van der Waals surface area contributed by atoms with Crippen molar-refractivity contribution < 1.29 is 4.74 Å². The molecule has 2 heteroatoms. The highest BCUT2D eigenvalue weighted by Crippen LogP contribution is 2.21. The molecular formula is C10H21BO. The fourth-order valence-electron chi connectivity index (χ4n) is 0.692. The predicted octanol–water partition coefficient (Wildman–Crippen LogP) is 2.80. The monoisotopic (exact) mass is 168 g/mol. The SMILES string of the molecule is [B]CC(C)(C)OCCC(C)(C)C. The zero-order valence-electron chi connectivity index (χ0n) is 9.11. The Bertz CT molecular complexity index is 124. The lowest BCUT2D eigenvalue weighted by Gasteiger charge is -2.26. The van der Waals surface area contributed by atoms with Gasteiger partial charge in [-0.1, -0.05) is 27.1 Å². The number of rotatable bonds is 4. The molecule has 0 saturated carbocycles. The van der Waals surface area contributed by atoms with Crippen LogP contribution in [0.4, 0.5) is 0 Å². The Morgan fingerprint density at radius 1 is 1.08 bits per heavy atom. The zero-order chi connectivity index (χ0) is 9.83. The van der Waals surface area contributed by atoms with Crippen molar-refractivity contribution in [3.8, 4) is 0 Å². The van der Waals surface area contributed by atoms with Crippen molar-refractivity contribution in [3.63, 3.8) is 0 Å². The topological polar surface area (TPSA) is 9.23 Å². The van der Waals surface area contributed by atoms with Crippen LogP contribution < -0.4 is 0 Å². The van der Waals surface area contributed by atoms with E-state index < -0.39 is 0 Å². The van der Waals surface area contributed by atoms with Crippen molar-refractivity contribution in [2.45, 2.75) is 53.0 Å². The van der Waals surface area contributed by atoms with Gasteiger partial charge < -0.3 is 4.74 Å². The smallest absolute Gasteiger partial charge is 0.0691 e. The molecule has 0 N–H and O–H groups in total. The third-order valence-electron chi connectivity index (χ3n) is 1.84. The molecule has 0 aliphatic heterocycles. The minimum absolute atomic E-state index is 0.161. The van der Waals surface area contributed by atoms with E-state index in [1.807, 2.05) is 13.8 Å². The van der Waals surface area contributed by atoms with Crippen LogP contribution >= 0.6 is 0 Å². The van der Waals surface area contributed by atoms with Crippen LogP contribution in [0, 0.1) is 5.41 Å². The van der Waals surface area contributed by atoms with Gasteiger partial charge in [0.2, 0.25) is 0 Å². The van der Waals surface area contributed by atoms with E-state index in [0.717, 1.165) is 13.0 Å². The van der Waals surface area contributed by atoms with Gasteiger partial charge in [-0.2, -0.15) is 0 Å². The molecule has 1 nitrogen and oxygen atoms in total. The van der Waals surface area contributed by atoms with Crippen molar-refractivity contribution >= 4 is 7.85 Å². The maximum Gasteiger partial charge on any atom is 0.0691 e.